The Morgan fingerprint density at radius 3 is 1.17 bits per heavy atom. The van der Waals surface area contributed by atoms with Crippen LogP contribution in [0.15, 0.2) is 340 Å². The number of fused-ring (bicyclic) bond motifs is 10. The Bertz CT molecular complexity index is 6090. The Morgan fingerprint density at radius 1 is 0.235 bits per heavy atom. The standard InChI is InChI=1S/C98H74BN3/c1-97(2,3)75-44-47-77(48-45-75)100-90-51-43-73(81-39-20-19-37-79(81)71-35-23-33-67(53-71)63-25-11-7-12-26-63)56-87(90)99-88-57-74(82-40-22-21-38-80(82)72-36-24-34-68(54-72)64-27-13-8-14-28-64)55-86-85-60-76(98(4,5)6)46-52-89(85)102(96(86)88)94-62-78(61-93(100)95(94)99)101-91-58-69(65-29-15-9-16-30-65)41-49-83(91)84-50-42-70(59-92(84)101)66-31-17-10-18-32-66/h7-62H,1-6H3. The first kappa shape index (κ1) is 60.9. The van der Waals surface area contributed by atoms with Gasteiger partial charge in [0.15, 0.2) is 0 Å². The molecule has 2 aromatic heterocycles. The van der Waals surface area contributed by atoms with Gasteiger partial charge in [-0.1, -0.05) is 308 Å². The fourth-order valence-electron chi connectivity index (χ4n) is 16.7. The van der Waals surface area contributed by atoms with Crippen molar-refractivity contribution in [2.75, 3.05) is 4.90 Å². The van der Waals surface area contributed by atoms with Crippen molar-refractivity contribution in [1.29, 1.82) is 0 Å². The van der Waals surface area contributed by atoms with Crippen LogP contribution in [0, 0.1) is 0 Å². The van der Waals surface area contributed by atoms with E-state index in [1.807, 2.05) is 0 Å². The van der Waals surface area contributed by atoms with Crippen LogP contribution < -0.4 is 21.3 Å². The van der Waals surface area contributed by atoms with Crippen LogP contribution in [-0.4, -0.2) is 15.8 Å². The Balaban J connectivity index is 0.938. The van der Waals surface area contributed by atoms with Crippen molar-refractivity contribution >= 4 is 83.8 Å². The van der Waals surface area contributed by atoms with Crippen LogP contribution in [0.2, 0.25) is 0 Å². The first-order valence-electron chi connectivity index (χ1n) is 35.9. The fraction of sp³-hybridized carbons (Fsp3) is 0.0816. The second-order valence-corrected chi connectivity index (χ2v) is 30.0. The summed E-state index contributed by atoms with van der Waals surface area (Å²) < 4.78 is 5.26. The summed E-state index contributed by atoms with van der Waals surface area (Å²) in [6.45, 7) is 13.8. The molecule has 0 saturated carbocycles. The van der Waals surface area contributed by atoms with E-state index in [0.29, 0.717) is 0 Å². The molecule has 19 rings (SSSR count). The van der Waals surface area contributed by atoms with Crippen molar-refractivity contribution in [3.8, 4) is 100 Å². The lowest BCUT2D eigenvalue weighted by Crippen LogP contribution is -2.60. The van der Waals surface area contributed by atoms with Crippen molar-refractivity contribution in [3.63, 3.8) is 0 Å². The first-order valence-corrected chi connectivity index (χ1v) is 35.9. The maximum atomic E-state index is 2.67. The van der Waals surface area contributed by atoms with Gasteiger partial charge >= 0.3 is 0 Å². The molecule has 0 amide bonds. The summed E-state index contributed by atoms with van der Waals surface area (Å²) in [5.74, 6) is 0. The Hall–Kier alpha value is -12.2. The molecular weight excluding hydrogens is 1230 g/mol. The minimum Gasteiger partial charge on any atom is -0.311 e. The van der Waals surface area contributed by atoms with E-state index in [1.54, 1.807) is 0 Å². The third-order valence-electron chi connectivity index (χ3n) is 21.8. The second-order valence-electron chi connectivity index (χ2n) is 30.0. The second kappa shape index (κ2) is 23.7. The quantitative estimate of drug-likeness (QED) is 0.124. The summed E-state index contributed by atoms with van der Waals surface area (Å²) in [6, 6.07) is 128. The highest BCUT2D eigenvalue weighted by Crippen LogP contribution is 2.48. The molecule has 4 heteroatoms. The van der Waals surface area contributed by atoms with E-state index < -0.39 is 0 Å². The van der Waals surface area contributed by atoms with Gasteiger partial charge in [0.05, 0.1) is 22.2 Å². The van der Waals surface area contributed by atoms with E-state index in [4.69, 9.17) is 0 Å². The average Bonchev–Trinajstić information content (AvgIpc) is 1.38. The van der Waals surface area contributed by atoms with E-state index in [2.05, 4.69) is 395 Å². The largest absolute Gasteiger partial charge is 0.311 e. The molecule has 484 valence electrons. The number of aromatic nitrogens is 2. The molecule has 0 N–H and O–H groups in total. The number of hydrogen-bond donors (Lipinski definition) is 0. The van der Waals surface area contributed by atoms with E-state index in [-0.39, 0.29) is 17.5 Å². The lowest BCUT2D eigenvalue weighted by Gasteiger charge is -2.41. The van der Waals surface area contributed by atoms with Crippen LogP contribution >= 0.6 is 0 Å². The van der Waals surface area contributed by atoms with Crippen LogP contribution in [0.25, 0.3) is 144 Å². The first-order chi connectivity index (χ1) is 49.8. The molecule has 4 heterocycles. The van der Waals surface area contributed by atoms with E-state index in [1.165, 1.54) is 155 Å². The third-order valence-corrected chi connectivity index (χ3v) is 21.8. The van der Waals surface area contributed by atoms with E-state index in [0.717, 1.165) is 33.8 Å². The summed E-state index contributed by atoms with van der Waals surface area (Å²) in [5.41, 5.74) is 35.7. The minimum absolute atomic E-state index is 0.0579. The van der Waals surface area contributed by atoms with E-state index in [9.17, 15) is 0 Å². The summed E-state index contributed by atoms with van der Waals surface area (Å²) in [5, 5.41) is 4.91. The average molecular weight is 1300 g/mol. The third kappa shape index (κ3) is 10.1. The van der Waals surface area contributed by atoms with Crippen molar-refractivity contribution in [2.45, 2.75) is 52.4 Å². The number of hydrogen-bond acceptors (Lipinski definition) is 1. The van der Waals surface area contributed by atoms with Crippen LogP contribution in [0.4, 0.5) is 17.1 Å². The smallest absolute Gasteiger partial charge is 0.252 e. The van der Waals surface area contributed by atoms with Crippen LogP contribution in [0.1, 0.15) is 52.7 Å². The Labute approximate surface area is 597 Å². The molecule has 0 aliphatic carbocycles. The number of nitrogens with zero attached hydrogens (tertiary/aromatic N) is 3. The summed E-state index contributed by atoms with van der Waals surface area (Å²) in [7, 11) is 0. The van der Waals surface area contributed by atoms with Gasteiger partial charge in [0.1, 0.15) is 0 Å². The van der Waals surface area contributed by atoms with Gasteiger partial charge < -0.3 is 14.0 Å². The molecule has 0 fully saturated rings. The van der Waals surface area contributed by atoms with Gasteiger partial charge in [-0.3, -0.25) is 0 Å². The van der Waals surface area contributed by atoms with Gasteiger partial charge in [-0.2, -0.15) is 0 Å². The highest BCUT2D eigenvalue weighted by atomic mass is 15.2. The maximum absolute atomic E-state index is 2.67. The monoisotopic (exact) mass is 1300 g/mol. The van der Waals surface area contributed by atoms with Crippen LogP contribution in [0.5, 0.6) is 0 Å². The van der Waals surface area contributed by atoms with E-state index >= 15 is 0 Å². The highest BCUT2D eigenvalue weighted by Gasteiger charge is 2.44. The van der Waals surface area contributed by atoms with Gasteiger partial charge in [-0.25, -0.2) is 0 Å². The zero-order chi connectivity index (χ0) is 68.5. The minimum atomic E-state index is -0.222. The Morgan fingerprint density at radius 2 is 0.657 bits per heavy atom. The SMILES string of the molecule is CC(C)(C)c1ccc(N2c3ccc(-c4ccccc4-c4cccc(-c5ccccc5)c4)cc3B3c4c2cc(-n2c5cc(-c6ccccc6)ccc5c5ccc(-c6ccccc6)cc52)cc4-n2c4ccc(C(C)(C)C)cc4c4cc(-c5ccccc5-c5cccc(-c6ccccc6)c5)cc3c42)cc1. The van der Waals surface area contributed by atoms with Crippen molar-refractivity contribution in [2.24, 2.45) is 0 Å². The molecule has 0 bridgehead atoms. The van der Waals surface area contributed by atoms with Crippen molar-refractivity contribution < 1.29 is 0 Å². The van der Waals surface area contributed by atoms with Gasteiger partial charge in [0.25, 0.3) is 6.71 Å². The molecule has 102 heavy (non-hydrogen) atoms. The van der Waals surface area contributed by atoms with Gasteiger partial charge in [0, 0.05) is 49.8 Å². The van der Waals surface area contributed by atoms with Gasteiger partial charge in [-0.15, -0.1) is 0 Å². The normalized spacial score (nSPS) is 12.6. The molecule has 0 radical (unpaired) electrons. The number of anilines is 3. The van der Waals surface area contributed by atoms with Gasteiger partial charge in [0.2, 0.25) is 0 Å². The zero-order valence-electron chi connectivity index (χ0n) is 58.3. The predicted octanol–water partition coefficient (Wildman–Crippen LogP) is 24.4. The summed E-state index contributed by atoms with van der Waals surface area (Å²) in [6.07, 6.45) is 0. The maximum Gasteiger partial charge on any atom is 0.252 e. The lowest BCUT2D eigenvalue weighted by atomic mass is 9.33. The zero-order valence-corrected chi connectivity index (χ0v) is 58.3. The number of rotatable bonds is 10. The lowest BCUT2D eigenvalue weighted by molar-refractivity contribution is 0.590. The molecule has 0 unspecified atom stereocenters. The fourth-order valence-corrected chi connectivity index (χ4v) is 16.7. The molecule has 2 aliphatic heterocycles. The molecular formula is C98H74BN3. The summed E-state index contributed by atoms with van der Waals surface area (Å²) in [4.78, 5) is 2.61. The Kier molecular flexibility index (Phi) is 14.2. The molecule has 0 atom stereocenters. The molecule has 15 aromatic carbocycles. The molecule has 2 aliphatic rings. The van der Waals surface area contributed by atoms with Crippen molar-refractivity contribution in [1.82, 2.24) is 9.13 Å². The van der Waals surface area contributed by atoms with Crippen LogP contribution in [0.3, 0.4) is 0 Å². The molecule has 0 spiro atoms. The molecule has 17 aromatic rings. The van der Waals surface area contributed by atoms with Crippen LogP contribution in [-0.2, 0) is 10.8 Å². The highest BCUT2D eigenvalue weighted by molar-refractivity contribution is 7.00. The molecule has 3 nitrogen and oxygen atoms in total. The summed E-state index contributed by atoms with van der Waals surface area (Å²) >= 11 is 0. The molecule has 0 saturated heterocycles. The van der Waals surface area contributed by atoms with Crippen molar-refractivity contribution in [3.05, 3.63) is 351 Å². The topological polar surface area (TPSA) is 13.1 Å². The predicted molar refractivity (Wildman–Crippen MR) is 435 cm³/mol. The van der Waals surface area contributed by atoms with Gasteiger partial charge in [-0.05, 0) is 200 Å². The number of benzene rings is 15.